The zero-order valence-corrected chi connectivity index (χ0v) is 20.2. The molecule has 1 aliphatic rings. The summed E-state index contributed by atoms with van der Waals surface area (Å²) in [4.78, 5) is 45.4. The molecular weight excluding hydrogens is 478 g/mol. The molecule has 3 heterocycles. The summed E-state index contributed by atoms with van der Waals surface area (Å²) in [6.07, 6.45) is 1.16. The van der Waals surface area contributed by atoms with Crippen LogP contribution in [0.1, 0.15) is 44.5 Å². The minimum atomic E-state index is -0.762. The Labute approximate surface area is 211 Å². The third kappa shape index (κ3) is 5.07. The van der Waals surface area contributed by atoms with Crippen LogP contribution in [0.15, 0.2) is 65.7 Å². The number of carbonyl (C=O) groups is 2. The molecule has 1 aliphatic heterocycles. The highest BCUT2D eigenvalue weighted by atomic mass is 16.6. The second kappa shape index (κ2) is 9.86. The Balaban J connectivity index is 1.38. The Kier molecular flexibility index (Phi) is 6.45. The lowest BCUT2D eigenvalue weighted by Crippen LogP contribution is -2.32. The van der Waals surface area contributed by atoms with Gasteiger partial charge >= 0.3 is 17.6 Å². The van der Waals surface area contributed by atoms with Crippen LogP contribution in [0.5, 0.6) is 0 Å². The van der Waals surface area contributed by atoms with E-state index in [4.69, 9.17) is 19.9 Å². The third-order valence-electron chi connectivity index (χ3n) is 6.16. The van der Waals surface area contributed by atoms with Gasteiger partial charge in [0.05, 0.1) is 11.1 Å². The molecule has 3 atom stereocenters. The topological polar surface area (TPSA) is 140 Å². The first-order valence-corrected chi connectivity index (χ1v) is 11.7. The number of hydrogen-bond acceptors (Lipinski definition) is 9. The Morgan fingerprint density at radius 3 is 2.24 bits per heavy atom. The highest BCUT2D eigenvalue weighted by Gasteiger charge is 2.40. The summed E-state index contributed by atoms with van der Waals surface area (Å²) in [5.74, 6) is -0.990. The van der Waals surface area contributed by atoms with Gasteiger partial charge in [0.1, 0.15) is 25.0 Å². The molecule has 2 N–H and O–H groups in total. The molecule has 2 aromatic carbocycles. The zero-order valence-electron chi connectivity index (χ0n) is 20.2. The second-order valence-electron chi connectivity index (χ2n) is 8.88. The van der Waals surface area contributed by atoms with Crippen molar-refractivity contribution in [2.45, 2.75) is 38.7 Å². The number of aromatic nitrogens is 4. The van der Waals surface area contributed by atoms with E-state index in [1.54, 1.807) is 35.0 Å². The fourth-order valence-corrected chi connectivity index (χ4v) is 4.13. The van der Waals surface area contributed by atoms with Crippen LogP contribution >= 0.6 is 0 Å². The molecule has 190 valence electrons. The largest absolute Gasteiger partial charge is 0.459 e. The van der Waals surface area contributed by atoms with Crippen LogP contribution in [-0.4, -0.2) is 49.7 Å². The molecule has 1 unspecified atom stereocenters. The van der Waals surface area contributed by atoms with Crippen LogP contribution in [-0.2, 0) is 14.2 Å². The van der Waals surface area contributed by atoms with E-state index in [1.807, 2.05) is 38.1 Å². The number of anilines is 1. The first-order chi connectivity index (χ1) is 17.8. The molecule has 0 bridgehead atoms. The molecule has 0 radical (unpaired) electrons. The predicted molar refractivity (Wildman–Crippen MR) is 132 cm³/mol. The monoisotopic (exact) mass is 503 g/mol. The van der Waals surface area contributed by atoms with E-state index in [1.165, 1.54) is 10.6 Å². The summed E-state index contributed by atoms with van der Waals surface area (Å²) in [5, 5.41) is 0. The summed E-state index contributed by atoms with van der Waals surface area (Å²) in [6, 6.07) is 14.0. The number of esters is 2. The summed E-state index contributed by atoms with van der Waals surface area (Å²) in [6.45, 7) is 3.70. The highest BCUT2D eigenvalue weighted by Crippen LogP contribution is 2.33. The quantitative estimate of drug-likeness (QED) is 0.393. The highest BCUT2D eigenvalue weighted by molar-refractivity contribution is 5.90. The lowest BCUT2D eigenvalue weighted by Gasteiger charge is -2.19. The molecule has 0 spiro atoms. The van der Waals surface area contributed by atoms with Crippen molar-refractivity contribution in [1.29, 1.82) is 0 Å². The second-order valence-corrected chi connectivity index (χ2v) is 8.88. The Morgan fingerprint density at radius 2 is 1.59 bits per heavy atom. The Morgan fingerprint density at radius 1 is 0.973 bits per heavy atom. The number of aryl methyl sites for hydroxylation is 2. The average Bonchev–Trinajstić information content (AvgIpc) is 3.47. The minimum absolute atomic E-state index is 0.147. The molecule has 1 saturated heterocycles. The van der Waals surface area contributed by atoms with Crippen LogP contribution in [0, 0.1) is 13.8 Å². The molecule has 11 heteroatoms. The SMILES string of the molecule is Cc1ccc(C(=O)OC[C@H]2OC(n3ccn4c(=O)nc(N)nc34)C[C@@H]2OC(=O)c2ccc(C)cc2)cc1. The molecule has 4 aromatic rings. The lowest BCUT2D eigenvalue weighted by molar-refractivity contribution is -0.0563. The predicted octanol–water partition coefficient (Wildman–Crippen LogP) is 2.46. The molecule has 5 rings (SSSR count). The lowest BCUT2D eigenvalue weighted by atomic mass is 10.1. The first-order valence-electron chi connectivity index (χ1n) is 11.7. The van der Waals surface area contributed by atoms with E-state index in [0.29, 0.717) is 11.1 Å². The summed E-state index contributed by atoms with van der Waals surface area (Å²) in [5.41, 5.74) is 7.92. The number of rotatable bonds is 6. The van der Waals surface area contributed by atoms with Crippen LogP contribution in [0.25, 0.3) is 5.78 Å². The van der Waals surface area contributed by atoms with Crippen molar-refractivity contribution in [3.63, 3.8) is 0 Å². The first kappa shape index (κ1) is 24.2. The van der Waals surface area contributed by atoms with Gasteiger partial charge in [-0.15, -0.1) is 0 Å². The summed E-state index contributed by atoms with van der Waals surface area (Å²) in [7, 11) is 0. The van der Waals surface area contributed by atoms with E-state index in [9.17, 15) is 14.4 Å². The average molecular weight is 504 g/mol. The van der Waals surface area contributed by atoms with E-state index < -0.39 is 36.1 Å². The van der Waals surface area contributed by atoms with Gasteiger partial charge in [-0.1, -0.05) is 35.4 Å². The zero-order chi connectivity index (χ0) is 26.1. The van der Waals surface area contributed by atoms with Gasteiger partial charge in [-0.2, -0.15) is 9.97 Å². The molecule has 11 nitrogen and oxygen atoms in total. The molecule has 37 heavy (non-hydrogen) atoms. The number of imidazole rings is 1. The number of nitrogens with zero attached hydrogens (tertiary/aromatic N) is 4. The Hall–Kier alpha value is -4.51. The van der Waals surface area contributed by atoms with E-state index in [2.05, 4.69) is 9.97 Å². The molecule has 0 saturated carbocycles. The fourth-order valence-electron chi connectivity index (χ4n) is 4.13. The van der Waals surface area contributed by atoms with Crippen molar-refractivity contribution < 1.29 is 23.8 Å². The maximum Gasteiger partial charge on any atom is 0.357 e. The fraction of sp³-hybridized carbons (Fsp3) is 0.269. The van der Waals surface area contributed by atoms with E-state index in [0.717, 1.165) is 11.1 Å². The number of ether oxygens (including phenoxy) is 3. The number of carbonyl (C=O) groups excluding carboxylic acids is 2. The third-order valence-corrected chi connectivity index (χ3v) is 6.16. The summed E-state index contributed by atoms with van der Waals surface area (Å²) >= 11 is 0. The van der Waals surface area contributed by atoms with Gasteiger partial charge in [-0.25, -0.2) is 18.8 Å². The number of benzene rings is 2. The Bertz CT molecular complexity index is 1510. The normalized spacial score (nSPS) is 19.1. The van der Waals surface area contributed by atoms with Crippen molar-refractivity contribution in [2.75, 3.05) is 12.3 Å². The van der Waals surface area contributed by atoms with Crippen LogP contribution < -0.4 is 11.4 Å². The maximum absolute atomic E-state index is 12.9. The van der Waals surface area contributed by atoms with Crippen LogP contribution in [0.2, 0.25) is 0 Å². The van der Waals surface area contributed by atoms with Crippen molar-refractivity contribution in [1.82, 2.24) is 18.9 Å². The van der Waals surface area contributed by atoms with E-state index >= 15 is 0 Å². The van der Waals surface area contributed by atoms with E-state index in [-0.39, 0.29) is 24.8 Å². The smallest absolute Gasteiger partial charge is 0.357 e. The van der Waals surface area contributed by atoms with Crippen molar-refractivity contribution >= 4 is 23.7 Å². The summed E-state index contributed by atoms with van der Waals surface area (Å²) < 4.78 is 20.3. The molecule has 1 fully saturated rings. The van der Waals surface area contributed by atoms with Gasteiger partial charge in [-0.3, -0.25) is 4.57 Å². The van der Waals surface area contributed by atoms with Gasteiger partial charge in [0.25, 0.3) is 0 Å². The van der Waals surface area contributed by atoms with Crippen molar-refractivity contribution in [3.05, 3.63) is 93.7 Å². The van der Waals surface area contributed by atoms with Crippen LogP contribution in [0.3, 0.4) is 0 Å². The van der Waals surface area contributed by atoms with Gasteiger partial charge < -0.3 is 19.9 Å². The van der Waals surface area contributed by atoms with Gasteiger partial charge in [-0.05, 0) is 38.1 Å². The number of hydrogen-bond donors (Lipinski definition) is 1. The maximum atomic E-state index is 12.9. The number of nitrogen functional groups attached to an aromatic ring is 1. The van der Waals surface area contributed by atoms with Crippen LogP contribution in [0.4, 0.5) is 5.95 Å². The van der Waals surface area contributed by atoms with Crippen molar-refractivity contribution in [3.8, 4) is 0 Å². The number of nitrogens with two attached hydrogens (primary N) is 1. The van der Waals surface area contributed by atoms with Gasteiger partial charge in [0.2, 0.25) is 11.7 Å². The van der Waals surface area contributed by atoms with Crippen molar-refractivity contribution in [2.24, 2.45) is 0 Å². The van der Waals surface area contributed by atoms with Gasteiger partial charge in [0.15, 0.2) is 0 Å². The minimum Gasteiger partial charge on any atom is -0.459 e. The standard InChI is InChI=1S/C26H25N5O6/c1-15-3-7-17(8-4-15)22(32)35-14-20-19(37-23(33)18-9-5-16(2)6-10-18)13-21(36-20)30-11-12-31-25(30)28-24(27)29-26(31)34/h3-12,19-21H,13-14H2,1-2H3,(H2,27,29,34)/t19-,20+,21?/m0/s1. The molecular formula is C26H25N5O6. The number of fused-ring (bicyclic) bond motifs is 1. The van der Waals surface area contributed by atoms with Gasteiger partial charge in [0, 0.05) is 18.8 Å². The molecule has 2 aromatic heterocycles. The molecule has 0 amide bonds. The molecule has 0 aliphatic carbocycles.